The summed E-state index contributed by atoms with van der Waals surface area (Å²) in [7, 11) is 2.08. The zero-order valence-corrected chi connectivity index (χ0v) is 50.9. The molecule has 1 aromatic carbocycles. The highest BCUT2D eigenvalue weighted by Crippen LogP contribution is 2.84. The Morgan fingerprint density at radius 2 is 1.66 bits per heavy atom. The first-order valence-electron chi connectivity index (χ1n) is 33.2. The molecule has 448 valence electrons. The number of epoxide rings is 1. The van der Waals surface area contributed by atoms with Crippen molar-refractivity contribution in [3.63, 3.8) is 0 Å². The Hall–Kier alpha value is -3.88. The van der Waals surface area contributed by atoms with Gasteiger partial charge in [-0.25, -0.2) is 0 Å². The van der Waals surface area contributed by atoms with E-state index in [-0.39, 0.29) is 53.6 Å². The number of fused-ring (bicyclic) bond motifs is 9. The van der Waals surface area contributed by atoms with Crippen molar-refractivity contribution in [3.8, 4) is 0 Å². The number of aliphatic hydroxyl groups excluding tert-OH is 3. The fourth-order valence-electron chi connectivity index (χ4n) is 23.3. The van der Waals surface area contributed by atoms with Gasteiger partial charge in [0.05, 0.1) is 40.4 Å². The predicted molar refractivity (Wildman–Crippen MR) is 320 cm³/mol. The van der Waals surface area contributed by atoms with E-state index in [1.807, 2.05) is 13.8 Å². The number of Topliss-reactive ketones (excluding diaryl/α,β-unsaturated/α-hetero) is 2. The fraction of sp³-hybridized carbons (Fsp3) is 0.718. The molecule has 11 aliphatic rings. The zero-order valence-electron chi connectivity index (χ0n) is 50.9. The van der Waals surface area contributed by atoms with Crippen LogP contribution in [-0.4, -0.2) is 103 Å². The molecule has 16 unspecified atom stereocenters. The SMILES string of the molecule is CNC1CCCC2(C1)C(=O)C1c3cc[nH]c3C3CCC1(C3)C1(C)C2CCC2(C)C1C(O)C1Cn3cc(C(CCO)c4cc(C5CCCCC5)cc(C5(O)CCOCC5)c4)c4[nH]cc(c43)CCC(C)(CC(O)C3OC3(C)C)C3=C1C2(C)CC3=O. The van der Waals surface area contributed by atoms with Crippen molar-refractivity contribution in [3.05, 3.63) is 93.1 Å². The van der Waals surface area contributed by atoms with E-state index in [0.717, 1.165) is 115 Å². The summed E-state index contributed by atoms with van der Waals surface area (Å²) >= 11 is 0. The van der Waals surface area contributed by atoms with Crippen LogP contribution in [0.5, 0.6) is 0 Å². The number of nitrogens with zero attached hydrogens (tertiary/aromatic N) is 1. The smallest absolute Gasteiger partial charge is 0.160 e. The van der Waals surface area contributed by atoms with E-state index in [0.29, 0.717) is 82.3 Å². The molecule has 0 radical (unpaired) electrons. The molecule has 16 atom stereocenters. The Kier molecular flexibility index (Phi) is 12.8. The molecule has 6 heterocycles. The molecule has 2 saturated heterocycles. The minimum Gasteiger partial charge on any atom is -0.396 e. The Bertz CT molecular complexity index is 3300. The van der Waals surface area contributed by atoms with Crippen LogP contribution >= 0.6 is 0 Å². The van der Waals surface area contributed by atoms with Crippen molar-refractivity contribution < 1.29 is 39.5 Å². The molecule has 0 amide bonds. The minimum atomic E-state index is -1.01. The van der Waals surface area contributed by atoms with Gasteiger partial charge < -0.3 is 49.8 Å². The van der Waals surface area contributed by atoms with Crippen LogP contribution in [-0.2, 0) is 37.6 Å². The fourth-order valence-corrected chi connectivity index (χ4v) is 23.3. The van der Waals surface area contributed by atoms with Gasteiger partial charge in [-0.05, 0) is 196 Å². The summed E-state index contributed by atoms with van der Waals surface area (Å²) in [6, 6.07) is 9.43. The van der Waals surface area contributed by atoms with Crippen molar-refractivity contribution >= 4 is 22.6 Å². The lowest BCUT2D eigenvalue weighted by Gasteiger charge is -2.76. The number of nitrogens with one attached hydrogen (secondary N) is 3. The van der Waals surface area contributed by atoms with E-state index in [4.69, 9.17) is 9.47 Å². The van der Waals surface area contributed by atoms with Crippen LogP contribution in [0.15, 0.2) is 54.0 Å². The third-order valence-corrected chi connectivity index (χ3v) is 27.3. The molecule has 2 bridgehead atoms. The van der Waals surface area contributed by atoms with Crippen molar-refractivity contribution in [1.29, 1.82) is 0 Å². The number of benzene rings is 1. The monoisotopic (exact) mass is 1130 g/mol. The van der Waals surface area contributed by atoms with Crippen LogP contribution in [0.1, 0.15) is 233 Å². The lowest BCUT2D eigenvalue weighted by atomic mass is 9.27. The van der Waals surface area contributed by atoms with E-state index in [1.165, 1.54) is 36.1 Å². The zero-order chi connectivity index (χ0) is 57.6. The maximum absolute atomic E-state index is 16.4. The number of rotatable bonds is 10. The molecule has 3 aliphatic heterocycles. The van der Waals surface area contributed by atoms with E-state index >= 15 is 9.59 Å². The average molecular weight is 1130 g/mol. The van der Waals surface area contributed by atoms with E-state index < -0.39 is 56.4 Å². The summed E-state index contributed by atoms with van der Waals surface area (Å²) in [5.74, 6) is 0.303. The molecule has 83 heavy (non-hydrogen) atoms. The Morgan fingerprint density at radius 1 is 0.880 bits per heavy atom. The second-order valence-corrected chi connectivity index (χ2v) is 31.2. The first-order valence-corrected chi connectivity index (χ1v) is 33.2. The van der Waals surface area contributed by atoms with Gasteiger partial charge in [0.1, 0.15) is 11.9 Å². The average Bonchev–Trinajstić information content (AvgIpc) is 1.65. The van der Waals surface area contributed by atoms with Gasteiger partial charge >= 0.3 is 0 Å². The predicted octanol–water partition coefficient (Wildman–Crippen LogP) is 11.8. The maximum atomic E-state index is 16.4. The lowest BCUT2D eigenvalue weighted by Crippen LogP contribution is -2.75. The minimum absolute atomic E-state index is 0.0147. The topological polar surface area (TPSA) is 185 Å². The lowest BCUT2D eigenvalue weighted by molar-refractivity contribution is -0.271. The highest BCUT2D eigenvalue weighted by Gasteiger charge is 2.81. The molecule has 4 aromatic rings. The molecule has 12 nitrogen and oxygen atoms in total. The molecule has 3 aromatic heterocycles. The number of hydrogen-bond acceptors (Lipinski definition) is 9. The van der Waals surface area contributed by atoms with Crippen molar-refractivity contribution in [1.82, 2.24) is 19.9 Å². The number of ether oxygens (including phenoxy) is 2. The number of aryl methyl sites for hydroxylation is 1. The number of H-pyrrole nitrogens is 2. The summed E-state index contributed by atoms with van der Waals surface area (Å²) < 4.78 is 14.5. The van der Waals surface area contributed by atoms with Gasteiger partial charge in [0.2, 0.25) is 0 Å². The molecule has 8 fully saturated rings. The van der Waals surface area contributed by atoms with E-state index in [2.05, 4.69) is 97.5 Å². The molecule has 8 aliphatic carbocycles. The van der Waals surface area contributed by atoms with Gasteiger partial charge in [-0.15, -0.1) is 0 Å². The van der Waals surface area contributed by atoms with Gasteiger partial charge in [-0.1, -0.05) is 71.6 Å². The number of carbonyl (C=O) groups excluding carboxylic acids is 2. The quantitative estimate of drug-likeness (QED) is 0.0759. The number of aromatic amines is 2. The number of hydrogen-bond donors (Lipinski definition) is 7. The molecule has 2 spiro atoms. The summed E-state index contributed by atoms with van der Waals surface area (Å²) in [6.07, 6.45) is 22.6. The maximum Gasteiger partial charge on any atom is 0.160 e. The molecular weight excluding hydrogens is 1040 g/mol. The summed E-state index contributed by atoms with van der Waals surface area (Å²) in [6.45, 7) is 15.3. The van der Waals surface area contributed by atoms with Crippen LogP contribution in [0.4, 0.5) is 0 Å². The van der Waals surface area contributed by atoms with Gasteiger partial charge in [-0.2, -0.15) is 0 Å². The third kappa shape index (κ3) is 7.60. The van der Waals surface area contributed by atoms with E-state index in [9.17, 15) is 20.4 Å². The van der Waals surface area contributed by atoms with Crippen LogP contribution in [0, 0.1) is 50.2 Å². The molecule has 6 saturated carbocycles. The second kappa shape index (κ2) is 19.1. The standard InChI is InChI=1S/C71H96N4O8/c1-64(2)63(83-64)52(78)35-65(3)21-15-42-37-74-58-49(47(19-27-76)44-30-43(40-12-9-8-10-13-40)31-45(32-44)71(81)24-28-82-29-25-71)38-75(59(42)58)39-50-54-56(65)51(77)36-67(54,5)66(4)22-17-53-68(6,61(66)60(50)79)70-23-16-41(33-70)57-48(18-26-73-57)55(70)62(80)69(53)20-11-14-46(34-69)72-7/h18,26,30-32,37-38,40-41,46-47,50,52-53,55,60-61,63,72-74,76,78-79,81H,8-17,19-25,27-29,33-36,39H2,1-7H3. The second-order valence-electron chi connectivity index (χ2n) is 31.2. The van der Waals surface area contributed by atoms with Crippen LogP contribution in [0.3, 0.4) is 0 Å². The van der Waals surface area contributed by atoms with Crippen molar-refractivity contribution in [2.75, 3.05) is 26.9 Å². The largest absolute Gasteiger partial charge is 0.396 e. The van der Waals surface area contributed by atoms with Gasteiger partial charge in [0.15, 0.2) is 5.78 Å². The highest BCUT2D eigenvalue weighted by molar-refractivity contribution is 6.02. The highest BCUT2D eigenvalue weighted by atomic mass is 16.6. The number of ketones is 2. The number of aromatic nitrogens is 3. The molecule has 12 heteroatoms. The van der Waals surface area contributed by atoms with Gasteiger partial charge in [-0.3, -0.25) is 9.59 Å². The van der Waals surface area contributed by atoms with Crippen molar-refractivity contribution in [2.45, 2.75) is 242 Å². The Balaban J connectivity index is 0.931. The number of carbonyl (C=O) groups is 2. The van der Waals surface area contributed by atoms with Gasteiger partial charge in [0, 0.05) is 110 Å². The van der Waals surface area contributed by atoms with Crippen LogP contribution < -0.4 is 5.32 Å². The first-order chi connectivity index (χ1) is 39.7. The summed E-state index contributed by atoms with van der Waals surface area (Å²) in [5.41, 5.74) is 7.51. The summed E-state index contributed by atoms with van der Waals surface area (Å²) in [4.78, 5) is 40.0. The molecular formula is C71H96N4O8. The Labute approximate surface area is 492 Å². The number of aliphatic hydroxyl groups is 4. The van der Waals surface area contributed by atoms with Gasteiger partial charge in [0.25, 0.3) is 0 Å². The van der Waals surface area contributed by atoms with E-state index in [1.54, 1.807) is 0 Å². The Morgan fingerprint density at radius 3 is 2.41 bits per heavy atom. The molecule has 7 N–H and O–H groups in total. The molecule has 15 rings (SSSR count). The van der Waals surface area contributed by atoms with Crippen molar-refractivity contribution in [2.24, 2.45) is 50.2 Å². The van der Waals surface area contributed by atoms with Crippen LogP contribution in [0.2, 0.25) is 0 Å². The van der Waals surface area contributed by atoms with Crippen LogP contribution in [0.25, 0.3) is 11.0 Å². The third-order valence-electron chi connectivity index (χ3n) is 27.3. The summed E-state index contributed by atoms with van der Waals surface area (Å²) in [5, 5.41) is 54.6. The number of allylic oxidation sites excluding steroid dienone is 1. The normalized spacial score (nSPS) is 41.3. The first kappa shape index (κ1) is 55.7.